The molecule has 0 aliphatic carbocycles. The lowest BCUT2D eigenvalue weighted by Crippen LogP contribution is -2.35. The van der Waals surface area contributed by atoms with E-state index in [0.29, 0.717) is 17.9 Å². The zero-order valence-electron chi connectivity index (χ0n) is 17.5. The van der Waals surface area contributed by atoms with E-state index < -0.39 is 0 Å². The first-order valence-corrected chi connectivity index (χ1v) is 10.4. The zero-order valence-corrected chi connectivity index (χ0v) is 17.5. The van der Waals surface area contributed by atoms with Crippen molar-refractivity contribution in [3.05, 3.63) is 65.4 Å². The fourth-order valence-corrected chi connectivity index (χ4v) is 3.94. The lowest BCUT2D eigenvalue weighted by molar-refractivity contribution is -0.137. The highest BCUT2D eigenvalue weighted by Gasteiger charge is 2.38. The molecule has 2 aliphatic heterocycles. The topological polar surface area (TPSA) is 61.9 Å². The molecule has 2 aromatic rings. The highest BCUT2D eigenvalue weighted by atomic mass is 16.5. The number of imide groups is 1. The van der Waals surface area contributed by atoms with E-state index in [1.54, 1.807) is 7.11 Å². The number of nitrogens with one attached hydrogen (secondary N) is 1. The quantitative estimate of drug-likeness (QED) is 0.715. The molecular formula is C24H27N3O3. The molecule has 2 heterocycles. The van der Waals surface area contributed by atoms with Crippen molar-refractivity contribution in [1.82, 2.24) is 4.90 Å². The van der Waals surface area contributed by atoms with Crippen LogP contribution in [0.15, 0.2) is 54.2 Å². The zero-order chi connectivity index (χ0) is 21.1. The minimum absolute atomic E-state index is 0.225. The maximum atomic E-state index is 13.1. The van der Waals surface area contributed by atoms with E-state index in [4.69, 9.17) is 4.74 Å². The number of aryl methyl sites for hydroxylation is 1. The van der Waals surface area contributed by atoms with Gasteiger partial charge in [-0.3, -0.25) is 14.5 Å². The molecule has 0 unspecified atom stereocenters. The third kappa shape index (κ3) is 3.96. The van der Waals surface area contributed by atoms with Gasteiger partial charge in [0.25, 0.3) is 11.8 Å². The van der Waals surface area contributed by atoms with Crippen molar-refractivity contribution in [3.8, 4) is 0 Å². The SMILES string of the molecule is COCCN1C(=O)C(Nc2ccc(N3CCCC3)cc2)=C(c2ccc(C)cc2)C1=O. The van der Waals surface area contributed by atoms with Crippen molar-refractivity contribution < 1.29 is 14.3 Å². The second kappa shape index (κ2) is 8.71. The predicted molar refractivity (Wildman–Crippen MR) is 118 cm³/mol. The second-order valence-corrected chi connectivity index (χ2v) is 7.74. The van der Waals surface area contributed by atoms with Crippen LogP contribution < -0.4 is 10.2 Å². The largest absolute Gasteiger partial charge is 0.383 e. The summed E-state index contributed by atoms with van der Waals surface area (Å²) in [5.41, 5.74) is 4.51. The molecule has 1 saturated heterocycles. The van der Waals surface area contributed by atoms with Crippen molar-refractivity contribution in [1.29, 1.82) is 0 Å². The van der Waals surface area contributed by atoms with E-state index in [1.807, 2.05) is 43.3 Å². The number of hydrogen-bond acceptors (Lipinski definition) is 5. The number of anilines is 2. The van der Waals surface area contributed by atoms with Gasteiger partial charge in [0, 0.05) is 31.6 Å². The van der Waals surface area contributed by atoms with Gasteiger partial charge in [0.05, 0.1) is 18.7 Å². The molecule has 2 amide bonds. The van der Waals surface area contributed by atoms with E-state index in [9.17, 15) is 9.59 Å². The third-order valence-corrected chi connectivity index (χ3v) is 5.64. The van der Waals surface area contributed by atoms with E-state index >= 15 is 0 Å². The Balaban J connectivity index is 1.64. The van der Waals surface area contributed by atoms with Gasteiger partial charge < -0.3 is 15.0 Å². The van der Waals surface area contributed by atoms with Crippen LogP contribution in [-0.4, -0.2) is 50.1 Å². The van der Waals surface area contributed by atoms with Crippen LogP contribution in [0.1, 0.15) is 24.0 Å². The molecule has 2 aromatic carbocycles. The van der Waals surface area contributed by atoms with Gasteiger partial charge in [-0.05, 0) is 49.6 Å². The summed E-state index contributed by atoms with van der Waals surface area (Å²) in [6.07, 6.45) is 2.45. The average molecular weight is 405 g/mol. The normalized spacial score (nSPS) is 16.7. The van der Waals surface area contributed by atoms with E-state index in [-0.39, 0.29) is 18.4 Å². The molecule has 30 heavy (non-hydrogen) atoms. The second-order valence-electron chi connectivity index (χ2n) is 7.74. The van der Waals surface area contributed by atoms with Gasteiger partial charge in [0.1, 0.15) is 5.70 Å². The van der Waals surface area contributed by atoms with Crippen molar-refractivity contribution in [2.75, 3.05) is 43.6 Å². The van der Waals surface area contributed by atoms with Gasteiger partial charge in [0.2, 0.25) is 0 Å². The first kappa shape index (κ1) is 20.2. The Morgan fingerprint density at radius 2 is 1.60 bits per heavy atom. The van der Waals surface area contributed by atoms with Gasteiger partial charge in [0.15, 0.2) is 0 Å². The molecule has 0 aromatic heterocycles. The minimum atomic E-state index is -0.323. The minimum Gasteiger partial charge on any atom is -0.383 e. The molecule has 0 atom stereocenters. The third-order valence-electron chi connectivity index (χ3n) is 5.64. The number of ether oxygens (including phenoxy) is 1. The summed E-state index contributed by atoms with van der Waals surface area (Å²) >= 11 is 0. The van der Waals surface area contributed by atoms with Gasteiger partial charge >= 0.3 is 0 Å². The van der Waals surface area contributed by atoms with Crippen LogP contribution in [0.5, 0.6) is 0 Å². The smallest absolute Gasteiger partial charge is 0.278 e. The van der Waals surface area contributed by atoms with Gasteiger partial charge in [-0.25, -0.2) is 0 Å². The predicted octanol–water partition coefficient (Wildman–Crippen LogP) is 3.43. The van der Waals surface area contributed by atoms with E-state index in [0.717, 1.165) is 29.9 Å². The number of benzene rings is 2. The Hall–Kier alpha value is -3.12. The summed E-state index contributed by atoms with van der Waals surface area (Å²) < 4.78 is 5.08. The molecule has 1 fully saturated rings. The van der Waals surface area contributed by atoms with Crippen LogP contribution in [0.3, 0.4) is 0 Å². The Morgan fingerprint density at radius 1 is 0.933 bits per heavy atom. The highest BCUT2D eigenvalue weighted by Crippen LogP contribution is 2.31. The van der Waals surface area contributed by atoms with Crippen molar-refractivity contribution in [2.24, 2.45) is 0 Å². The maximum Gasteiger partial charge on any atom is 0.278 e. The first-order valence-electron chi connectivity index (χ1n) is 10.4. The highest BCUT2D eigenvalue weighted by molar-refractivity contribution is 6.36. The average Bonchev–Trinajstić information content (AvgIpc) is 3.36. The first-order chi connectivity index (χ1) is 14.6. The number of methoxy groups -OCH3 is 1. The number of carbonyl (C=O) groups excluding carboxylic acids is 2. The maximum absolute atomic E-state index is 13.1. The lowest BCUT2D eigenvalue weighted by atomic mass is 10.0. The molecule has 2 aliphatic rings. The number of carbonyl (C=O) groups is 2. The van der Waals surface area contributed by atoms with Crippen LogP contribution in [0, 0.1) is 6.92 Å². The molecule has 0 spiro atoms. The Kier molecular flexibility index (Phi) is 5.86. The summed E-state index contributed by atoms with van der Waals surface area (Å²) in [5.74, 6) is -0.617. The number of rotatable bonds is 7. The fourth-order valence-electron chi connectivity index (χ4n) is 3.94. The van der Waals surface area contributed by atoms with Crippen molar-refractivity contribution in [2.45, 2.75) is 19.8 Å². The lowest BCUT2D eigenvalue weighted by Gasteiger charge is -2.18. The summed E-state index contributed by atoms with van der Waals surface area (Å²) in [4.78, 5) is 29.8. The Morgan fingerprint density at radius 3 is 2.23 bits per heavy atom. The van der Waals surface area contributed by atoms with Crippen molar-refractivity contribution in [3.63, 3.8) is 0 Å². The summed E-state index contributed by atoms with van der Waals surface area (Å²) in [5, 5.41) is 3.22. The summed E-state index contributed by atoms with van der Waals surface area (Å²) in [6.45, 7) is 4.68. The fraction of sp³-hybridized carbons (Fsp3) is 0.333. The van der Waals surface area contributed by atoms with Gasteiger partial charge in [-0.1, -0.05) is 29.8 Å². The number of hydrogen-bond donors (Lipinski definition) is 1. The molecule has 4 rings (SSSR count). The number of amides is 2. The summed E-state index contributed by atoms with van der Waals surface area (Å²) in [7, 11) is 1.56. The Bertz CT molecular complexity index is 958. The standard InChI is InChI=1S/C24H27N3O3/c1-17-5-7-18(8-6-17)21-22(24(29)27(23(21)28)15-16-30-2)25-19-9-11-20(12-10-19)26-13-3-4-14-26/h5-12,25H,3-4,13-16H2,1-2H3. The van der Waals surface area contributed by atoms with E-state index in [1.165, 1.54) is 23.4 Å². The van der Waals surface area contributed by atoms with Crippen LogP contribution in [0.25, 0.3) is 5.57 Å². The molecule has 0 saturated carbocycles. The van der Waals surface area contributed by atoms with Crippen LogP contribution in [0.2, 0.25) is 0 Å². The molecule has 1 N–H and O–H groups in total. The van der Waals surface area contributed by atoms with Crippen LogP contribution in [0.4, 0.5) is 11.4 Å². The molecule has 6 heteroatoms. The van der Waals surface area contributed by atoms with Gasteiger partial charge in [-0.2, -0.15) is 0 Å². The molecule has 0 radical (unpaired) electrons. The van der Waals surface area contributed by atoms with Crippen LogP contribution >= 0.6 is 0 Å². The molecule has 6 nitrogen and oxygen atoms in total. The van der Waals surface area contributed by atoms with Crippen LogP contribution in [-0.2, 0) is 14.3 Å². The molecular weight excluding hydrogens is 378 g/mol. The number of nitrogens with zero attached hydrogens (tertiary/aromatic N) is 2. The Labute approximate surface area is 177 Å². The van der Waals surface area contributed by atoms with E-state index in [2.05, 4.69) is 22.3 Å². The van der Waals surface area contributed by atoms with Gasteiger partial charge in [-0.15, -0.1) is 0 Å². The molecule has 156 valence electrons. The van der Waals surface area contributed by atoms with Crippen molar-refractivity contribution >= 4 is 28.8 Å². The summed E-state index contributed by atoms with van der Waals surface area (Å²) in [6, 6.07) is 15.7. The molecule has 0 bridgehead atoms. The monoisotopic (exact) mass is 405 g/mol.